The summed E-state index contributed by atoms with van der Waals surface area (Å²) < 4.78 is 30.0. The number of rotatable bonds is 5. The summed E-state index contributed by atoms with van der Waals surface area (Å²) in [4.78, 5) is 24.0. The fourth-order valence-electron chi connectivity index (χ4n) is 3.27. The molecule has 1 N–H and O–H groups in total. The van der Waals surface area contributed by atoms with Gasteiger partial charge in [0, 0.05) is 23.5 Å². The fraction of sp³-hybridized carbons (Fsp3) is 0.625. The van der Waals surface area contributed by atoms with E-state index in [0.29, 0.717) is 18.0 Å². The third kappa shape index (κ3) is 3.63. The van der Waals surface area contributed by atoms with Crippen LogP contribution >= 0.6 is 0 Å². The molecule has 1 aliphatic carbocycles. The summed E-state index contributed by atoms with van der Waals surface area (Å²) in [5, 5.41) is 2.60. The highest BCUT2D eigenvalue weighted by atomic mass is 32.2. The zero-order valence-electron chi connectivity index (χ0n) is 13.9. The van der Waals surface area contributed by atoms with Gasteiger partial charge in [-0.05, 0) is 39.2 Å². The predicted octanol–water partition coefficient (Wildman–Crippen LogP) is 0.900. The molecule has 1 aromatic rings. The Labute approximate surface area is 141 Å². The van der Waals surface area contributed by atoms with Crippen molar-refractivity contribution in [3.05, 3.63) is 23.0 Å². The molecule has 0 spiro atoms. The van der Waals surface area contributed by atoms with Gasteiger partial charge in [-0.2, -0.15) is 0 Å². The maximum Gasteiger partial charge on any atom is 0.340 e. The van der Waals surface area contributed by atoms with Crippen molar-refractivity contribution in [1.82, 2.24) is 9.88 Å². The second-order valence-electron chi connectivity index (χ2n) is 6.63. The molecule has 0 bridgehead atoms. The number of amides is 1. The summed E-state index contributed by atoms with van der Waals surface area (Å²) in [5.41, 5.74) is 2.36. The molecule has 2 heterocycles. The molecule has 0 aromatic carbocycles. The summed E-state index contributed by atoms with van der Waals surface area (Å²) in [6.45, 7) is 3.43. The molecule has 132 valence electrons. The predicted molar refractivity (Wildman–Crippen MR) is 87.7 cm³/mol. The molecular formula is C16H22N2O5S. The molecular weight excluding hydrogens is 332 g/mol. The van der Waals surface area contributed by atoms with E-state index in [-0.39, 0.29) is 17.5 Å². The second-order valence-corrected chi connectivity index (χ2v) is 8.86. The smallest absolute Gasteiger partial charge is 0.340 e. The summed E-state index contributed by atoms with van der Waals surface area (Å²) in [5.74, 6) is -0.953. The van der Waals surface area contributed by atoms with Crippen molar-refractivity contribution in [2.24, 2.45) is 0 Å². The average Bonchev–Trinajstić information content (AvgIpc) is 3.20. The number of aryl methyl sites for hydroxylation is 1. The van der Waals surface area contributed by atoms with Crippen LogP contribution in [0.5, 0.6) is 0 Å². The summed E-state index contributed by atoms with van der Waals surface area (Å²) in [6.07, 6.45) is 2.65. The molecule has 3 rings (SSSR count). The Kier molecular flexibility index (Phi) is 4.42. The molecule has 7 nitrogen and oxygen atoms in total. The van der Waals surface area contributed by atoms with E-state index in [1.807, 2.05) is 13.8 Å². The molecule has 1 aromatic heterocycles. The van der Waals surface area contributed by atoms with Crippen LogP contribution in [0.15, 0.2) is 6.07 Å². The largest absolute Gasteiger partial charge is 0.452 e. The van der Waals surface area contributed by atoms with Crippen molar-refractivity contribution in [1.29, 1.82) is 0 Å². The number of carbonyl (C=O) groups is 2. The van der Waals surface area contributed by atoms with Crippen LogP contribution in [-0.2, 0) is 19.4 Å². The van der Waals surface area contributed by atoms with Gasteiger partial charge in [0.05, 0.1) is 17.1 Å². The van der Waals surface area contributed by atoms with E-state index in [0.717, 1.165) is 24.2 Å². The molecule has 8 heteroatoms. The highest BCUT2D eigenvalue weighted by molar-refractivity contribution is 7.91. The van der Waals surface area contributed by atoms with Crippen molar-refractivity contribution in [2.45, 2.75) is 45.2 Å². The molecule has 24 heavy (non-hydrogen) atoms. The Balaban J connectivity index is 1.54. The van der Waals surface area contributed by atoms with Gasteiger partial charge in [0.15, 0.2) is 16.4 Å². The highest BCUT2D eigenvalue weighted by Gasteiger charge is 2.30. The van der Waals surface area contributed by atoms with Gasteiger partial charge in [-0.3, -0.25) is 4.79 Å². The van der Waals surface area contributed by atoms with E-state index in [9.17, 15) is 18.0 Å². The van der Waals surface area contributed by atoms with Crippen LogP contribution in [0.3, 0.4) is 0 Å². The van der Waals surface area contributed by atoms with E-state index in [2.05, 4.69) is 9.88 Å². The lowest BCUT2D eigenvalue weighted by Gasteiger charge is -2.11. The van der Waals surface area contributed by atoms with Crippen LogP contribution in [0.4, 0.5) is 0 Å². The standard InChI is InChI=1S/C16H22N2O5S/c1-10-7-14(11(2)18(10)13-3-4-13)16(20)23-8-15(19)17-12-5-6-24(21,22)9-12/h7,12-13H,3-6,8-9H2,1-2H3,(H,17,19)/t12-/m0/s1. The van der Waals surface area contributed by atoms with E-state index in [1.54, 1.807) is 6.07 Å². The van der Waals surface area contributed by atoms with Crippen LogP contribution in [0.25, 0.3) is 0 Å². The van der Waals surface area contributed by atoms with Gasteiger partial charge in [0.25, 0.3) is 5.91 Å². The van der Waals surface area contributed by atoms with Crippen molar-refractivity contribution >= 4 is 21.7 Å². The van der Waals surface area contributed by atoms with Crippen molar-refractivity contribution in [2.75, 3.05) is 18.1 Å². The number of esters is 1. The number of hydrogen-bond acceptors (Lipinski definition) is 5. The number of aromatic nitrogens is 1. The van der Waals surface area contributed by atoms with Gasteiger partial charge in [-0.1, -0.05) is 0 Å². The summed E-state index contributed by atoms with van der Waals surface area (Å²) >= 11 is 0. The van der Waals surface area contributed by atoms with E-state index in [4.69, 9.17) is 4.74 Å². The number of hydrogen-bond donors (Lipinski definition) is 1. The molecule has 0 unspecified atom stereocenters. The van der Waals surface area contributed by atoms with Crippen molar-refractivity contribution < 1.29 is 22.7 Å². The SMILES string of the molecule is Cc1cc(C(=O)OCC(=O)N[C@H]2CCS(=O)(=O)C2)c(C)n1C1CC1. The molecule has 1 saturated carbocycles. The van der Waals surface area contributed by atoms with E-state index in [1.165, 1.54) is 0 Å². The minimum atomic E-state index is -3.05. The monoisotopic (exact) mass is 354 g/mol. The number of nitrogens with one attached hydrogen (secondary N) is 1. The third-order valence-corrected chi connectivity index (χ3v) is 6.32. The van der Waals surface area contributed by atoms with Crippen LogP contribution in [0, 0.1) is 13.8 Å². The number of ether oxygens (including phenoxy) is 1. The first-order valence-corrected chi connectivity index (χ1v) is 9.94. The molecule has 1 saturated heterocycles. The Hall–Kier alpha value is -1.83. The quantitative estimate of drug-likeness (QED) is 0.793. The van der Waals surface area contributed by atoms with Crippen LogP contribution < -0.4 is 5.32 Å². The second kappa shape index (κ2) is 6.23. The zero-order chi connectivity index (χ0) is 17.5. The lowest BCUT2D eigenvalue weighted by molar-refractivity contribution is -0.124. The van der Waals surface area contributed by atoms with Crippen LogP contribution in [-0.4, -0.2) is 49.0 Å². The van der Waals surface area contributed by atoms with Gasteiger partial charge < -0.3 is 14.6 Å². The first kappa shape index (κ1) is 17.0. The molecule has 2 aliphatic rings. The summed E-state index contributed by atoms with van der Waals surface area (Å²) in [7, 11) is -3.05. The maximum atomic E-state index is 12.2. The Bertz CT molecular complexity index is 777. The van der Waals surface area contributed by atoms with Gasteiger partial charge >= 0.3 is 5.97 Å². The normalized spacial score (nSPS) is 22.3. The topological polar surface area (TPSA) is 94.5 Å². The van der Waals surface area contributed by atoms with Gasteiger partial charge in [-0.15, -0.1) is 0 Å². The van der Waals surface area contributed by atoms with E-state index >= 15 is 0 Å². The molecule has 1 aliphatic heterocycles. The molecule has 1 amide bonds. The van der Waals surface area contributed by atoms with E-state index < -0.39 is 28.3 Å². The van der Waals surface area contributed by atoms with Gasteiger partial charge in [-0.25, -0.2) is 13.2 Å². The first-order valence-electron chi connectivity index (χ1n) is 8.12. The molecule has 2 fully saturated rings. The third-order valence-electron chi connectivity index (χ3n) is 4.55. The van der Waals surface area contributed by atoms with Crippen LogP contribution in [0.1, 0.15) is 47.1 Å². The van der Waals surface area contributed by atoms with Crippen molar-refractivity contribution in [3.8, 4) is 0 Å². The summed E-state index contributed by atoms with van der Waals surface area (Å²) in [6, 6.07) is 1.87. The number of carbonyl (C=O) groups excluding carboxylic acids is 2. The lowest BCUT2D eigenvalue weighted by atomic mass is 10.2. The fourth-order valence-corrected chi connectivity index (χ4v) is 4.94. The maximum absolute atomic E-state index is 12.2. The first-order chi connectivity index (χ1) is 11.3. The highest BCUT2D eigenvalue weighted by Crippen LogP contribution is 2.38. The molecule has 1 atom stereocenters. The van der Waals surface area contributed by atoms with Crippen molar-refractivity contribution in [3.63, 3.8) is 0 Å². The van der Waals surface area contributed by atoms with Crippen LogP contribution in [0.2, 0.25) is 0 Å². The number of nitrogens with zero attached hydrogens (tertiary/aromatic N) is 1. The van der Waals surface area contributed by atoms with Gasteiger partial charge in [0.1, 0.15) is 0 Å². The lowest BCUT2D eigenvalue weighted by Crippen LogP contribution is -2.38. The minimum absolute atomic E-state index is 0.0464. The van der Waals surface area contributed by atoms with Gasteiger partial charge in [0.2, 0.25) is 0 Å². The number of sulfone groups is 1. The zero-order valence-corrected chi connectivity index (χ0v) is 14.7. The molecule has 0 radical (unpaired) electrons. The Morgan fingerprint density at radius 2 is 2.00 bits per heavy atom. The Morgan fingerprint density at radius 3 is 2.58 bits per heavy atom. The Morgan fingerprint density at radius 1 is 1.29 bits per heavy atom. The minimum Gasteiger partial charge on any atom is -0.452 e. The average molecular weight is 354 g/mol.